The summed E-state index contributed by atoms with van der Waals surface area (Å²) in [7, 11) is 0. The molecule has 3 N–H and O–H groups in total. The van der Waals surface area contributed by atoms with Crippen LogP contribution in [0.1, 0.15) is 79.6 Å². The number of aliphatic hydroxyl groups is 2. The summed E-state index contributed by atoms with van der Waals surface area (Å²) in [5.41, 5.74) is 5.18. The highest BCUT2D eigenvalue weighted by molar-refractivity contribution is 6.06. The third-order valence-corrected chi connectivity index (χ3v) is 10.4. The molecule has 5 nitrogen and oxygen atoms in total. The first-order valence-electron chi connectivity index (χ1n) is 13.4. The van der Waals surface area contributed by atoms with E-state index < -0.39 is 0 Å². The molecule has 0 aromatic carbocycles. The Morgan fingerprint density at radius 3 is 2.49 bits per heavy atom. The smallest absolute Gasteiger partial charge is 0.220 e. The first kappa shape index (κ1) is 25.9. The maximum Gasteiger partial charge on any atom is 0.220 e. The molecule has 1 amide bonds. The molecule has 5 rings (SSSR count). The van der Waals surface area contributed by atoms with Crippen molar-refractivity contribution in [2.45, 2.75) is 79.6 Å². The Balaban J connectivity index is 0.000000431. The van der Waals surface area contributed by atoms with E-state index in [2.05, 4.69) is 45.2 Å². The van der Waals surface area contributed by atoms with E-state index in [1.54, 1.807) is 11.6 Å². The Bertz CT molecular complexity index is 1020. The highest BCUT2D eigenvalue weighted by Crippen LogP contribution is 2.69. The van der Waals surface area contributed by atoms with E-state index in [1.807, 2.05) is 6.92 Å². The standard InChI is InChI=1S/C27H36O2.C3H7NO2/c1-16-8-10-25(3)12-13-27(5)19(21(25)14-16)9-11-26(4)20-15-22(28)24(29)17(2)18(20)6-7-23(26)27;5-2-1-4-3-6/h6-7,15-16,19,21,29H,8-14H2,1-5H3;3,5H,1-2H2,(H,4,6). The van der Waals surface area contributed by atoms with Crippen LogP contribution in [0.3, 0.4) is 0 Å². The van der Waals surface area contributed by atoms with Gasteiger partial charge in [0.25, 0.3) is 0 Å². The van der Waals surface area contributed by atoms with E-state index in [4.69, 9.17) is 5.11 Å². The van der Waals surface area contributed by atoms with E-state index in [-0.39, 0.29) is 29.0 Å². The topological polar surface area (TPSA) is 86.6 Å². The van der Waals surface area contributed by atoms with Gasteiger partial charge in [0, 0.05) is 17.5 Å². The highest BCUT2D eigenvalue weighted by Gasteiger charge is 2.60. The van der Waals surface area contributed by atoms with Crippen molar-refractivity contribution in [1.29, 1.82) is 0 Å². The number of ketones is 1. The second kappa shape index (κ2) is 9.38. The number of amides is 1. The van der Waals surface area contributed by atoms with Crippen molar-refractivity contribution in [2.24, 2.45) is 34.0 Å². The first-order valence-corrected chi connectivity index (χ1v) is 13.4. The summed E-state index contributed by atoms with van der Waals surface area (Å²) < 4.78 is 0. The molecule has 0 aromatic rings. The van der Waals surface area contributed by atoms with Crippen molar-refractivity contribution < 1.29 is 19.8 Å². The molecule has 5 aliphatic rings. The normalized spacial score (nSPS) is 39.9. The summed E-state index contributed by atoms with van der Waals surface area (Å²) in [5.74, 6) is 2.13. The predicted molar refractivity (Wildman–Crippen MR) is 139 cm³/mol. The van der Waals surface area contributed by atoms with Crippen molar-refractivity contribution >= 4 is 12.2 Å². The van der Waals surface area contributed by atoms with Crippen molar-refractivity contribution in [3.8, 4) is 0 Å². The SMILES string of the molecule is CC1=C(O)C(=O)C=C2C1=CC=C1C2(C)CCC2C3CC(C)CCC3(C)CCC12C.O=CNCCO. The van der Waals surface area contributed by atoms with Gasteiger partial charge in [-0.15, -0.1) is 0 Å². The molecule has 3 saturated carbocycles. The van der Waals surface area contributed by atoms with Gasteiger partial charge in [0.15, 0.2) is 5.76 Å². The number of allylic oxidation sites excluding steroid dienone is 7. The van der Waals surface area contributed by atoms with E-state index in [0.717, 1.165) is 40.9 Å². The van der Waals surface area contributed by atoms with E-state index in [0.29, 0.717) is 18.4 Å². The highest BCUT2D eigenvalue weighted by atomic mass is 16.3. The summed E-state index contributed by atoms with van der Waals surface area (Å²) in [5, 5.41) is 20.5. The molecule has 6 atom stereocenters. The van der Waals surface area contributed by atoms with E-state index in [1.165, 1.54) is 38.5 Å². The summed E-state index contributed by atoms with van der Waals surface area (Å²) in [6.45, 7) is 12.2. The van der Waals surface area contributed by atoms with Gasteiger partial charge >= 0.3 is 0 Å². The lowest BCUT2D eigenvalue weighted by Crippen LogP contribution is -2.55. The van der Waals surface area contributed by atoms with E-state index >= 15 is 0 Å². The van der Waals surface area contributed by atoms with Crippen molar-refractivity contribution in [3.63, 3.8) is 0 Å². The molecule has 0 aromatic heterocycles. The number of rotatable bonds is 3. The fraction of sp³-hybridized carbons (Fsp3) is 0.667. The Hall–Kier alpha value is -2.14. The molecule has 6 unspecified atom stereocenters. The zero-order chi connectivity index (χ0) is 25.6. The minimum Gasteiger partial charge on any atom is -0.504 e. The van der Waals surface area contributed by atoms with Crippen LogP contribution in [0.4, 0.5) is 0 Å². The largest absolute Gasteiger partial charge is 0.504 e. The number of aliphatic hydroxyl groups excluding tert-OH is 2. The summed E-state index contributed by atoms with van der Waals surface area (Å²) in [6.07, 6.45) is 16.0. The Morgan fingerprint density at radius 1 is 1.09 bits per heavy atom. The van der Waals surface area contributed by atoms with Crippen LogP contribution in [-0.4, -0.2) is 35.6 Å². The number of hydrogen-bond acceptors (Lipinski definition) is 4. The summed E-state index contributed by atoms with van der Waals surface area (Å²) in [6, 6.07) is 0. The third kappa shape index (κ3) is 4.14. The second-order valence-corrected chi connectivity index (χ2v) is 12.4. The van der Waals surface area contributed by atoms with Crippen molar-refractivity contribution in [1.82, 2.24) is 5.32 Å². The van der Waals surface area contributed by atoms with Crippen LogP contribution in [0.2, 0.25) is 0 Å². The molecular weight excluding hydrogens is 438 g/mol. The van der Waals surface area contributed by atoms with Crippen LogP contribution >= 0.6 is 0 Å². The Labute approximate surface area is 210 Å². The number of hydrogen-bond donors (Lipinski definition) is 3. The average Bonchev–Trinajstić information content (AvgIpc) is 2.83. The first-order chi connectivity index (χ1) is 16.5. The number of fused-ring (bicyclic) bond motifs is 7. The molecule has 35 heavy (non-hydrogen) atoms. The van der Waals surface area contributed by atoms with Crippen LogP contribution in [0.15, 0.2) is 46.3 Å². The van der Waals surface area contributed by atoms with Gasteiger partial charge in [0.1, 0.15) is 0 Å². The molecule has 0 aliphatic heterocycles. The molecule has 0 radical (unpaired) electrons. The molecule has 3 fully saturated rings. The molecule has 0 saturated heterocycles. The van der Waals surface area contributed by atoms with Gasteiger partial charge < -0.3 is 15.5 Å². The van der Waals surface area contributed by atoms with Gasteiger partial charge in [-0.3, -0.25) is 9.59 Å². The molecule has 5 aliphatic carbocycles. The van der Waals surface area contributed by atoms with Gasteiger partial charge in [0.05, 0.1) is 6.61 Å². The molecule has 192 valence electrons. The summed E-state index contributed by atoms with van der Waals surface area (Å²) >= 11 is 0. The van der Waals surface area contributed by atoms with Gasteiger partial charge in [-0.05, 0) is 91.3 Å². The van der Waals surface area contributed by atoms with Crippen molar-refractivity contribution in [2.75, 3.05) is 13.2 Å². The second-order valence-electron chi connectivity index (χ2n) is 12.4. The molecule has 0 spiro atoms. The maximum absolute atomic E-state index is 12.5. The number of nitrogens with one attached hydrogen (secondary N) is 1. The lowest BCUT2D eigenvalue weighted by atomic mass is 9.40. The fourth-order valence-electron chi connectivity index (χ4n) is 8.20. The van der Waals surface area contributed by atoms with Crippen LogP contribution in [0, 0.1) is 34.0 Å². The van der Waals surface area contributed by atoms with Crippen molar-refractivity contribution in [3.05, 3.63) is 46.3 Å². The van der Waals surface area contributed by atoms with Crippen LogP contribution in [0.25, 0.3) is 0 Å². The monoisotopic (exact) mass is 481 g/mol. The quantitative estimate of drug-likeness (QED) is 0.363. The van der Waals surface area contributed by atoms with Crippen LogP contribution < -0.4 is 5.32 Å². The molecule has 0 heterocycles. The minimum absolute atomic E-state index is 0.0126. The fourth-order valence-corrected chi connectivity index (χ4v) is 8.20. The molecule has 0 bridgehead atoms. The number of carbonyl (C=O) groups is 2. The zero-order valence-electron chi connectivity index (χ0n) is 22.1. The Kier molecular flexibility index (Phi) is 6.95. The number of carbonyl (C=O) groups excluding carboxylic acids is 2. The lowest BCUT2D eigenvalue weighted by Gasteiger charge is -2.64. The third-order valence-electron chi connectivity index (χ3n) is 10.4. The van der Waals surface area contributed by atoms with Gasteiger partial charge in [-0.1, -0.05) is 51.8 Å². The Morgan fingerprint density at radius 2 is 1.83 bits per heavy atom. The zero-order valence-corrected chi connectivity index (χ0v) is 22.1. The summed E-state index contributed by atoms with van der Waals surface area (Å²) in [4.78, 5) is 21.8. The molecular formula is C30H43NO4. The lowest BCUT2D eigenvalue weighted by molar-refractivity contribution is -0.114. The van der Waals surface area contributed by atoms with Gasteiger partial charge in [0.2, 0.25) is 12.2 Å². The van der Waals surface area contributed by atoms with Crippen LogP contribution in [-0.2, 0) is 9.59 Å². The predicted octanol–water partition coefficient (Wildman–Crippen LogP) is 5.58. The average molecular weight is 482 g/mol. The van der Waals surface area contributed by atoms with Gasteiger partial charge in [-0.2, -0.15) is 0 Å². The van der Waals surface area contributed by atoms with Gasteiger partial charge in [-0.25, -0.2) is 0 Å². The van der Waals surface area contributed by atoms with Crippen LogP contribution in [0.5, 0.6) is 0 Å². The van der Waals surface area contributed by atoms with E-state index in [9.17, 15) is 14.7 Å². The maximum atomic E-state index is 12.5. The molecule has 5 heteroatoms. The minimum atomic E-state index is -0.221.